The van der Waals surface area contributed by atoms with E-state index in [1.807, 2.05) is 6.92 Å². The minimum atomic E-state index is -4.34. The molecule has 1 fully saturated rings. The summed E-state index contributed by atoms with van der Waals surface area (Å²) in [4.78, 5) is 4.25. The molecule has 0 saturated heterocycles. The number of halogens is 3. The molecular formula is C13H19F3N2S. The molecule has 1 atom stereocenters. The first kappa shape index (κ1) is 14.8. The lowest BCUT2D eigenvalue weighted by molar-refractivity contribution is -0.137. The highest BCUT2D eigenvalue weighted by atomic mass is 32.1. The number of hydrogen-bond donors (Lipinski definition) is 1. The van der Waals surface area contributed by atoms with Gasteiger partial charge in [0.2, 0.25) is 0 Å². The second-order valence-electron chi connectivity index (χ2n) is 5.42. The molecule has 0 radical (unpaired) electrons. The number of aromatic nitrogens is 1. The van der Waals surface area contributed by atoms with Crippen LogP contribution in [0.2, 0.25) is 0 Å². The van der Waals surface area contributed by atoms with E-state index < -0.39 is 11.2 Å². The Hall–Kier alpha value is -0.620. The fourth-order valence-corrected chi connectivity index (χ4v) is 3.95. The van der Waals surface area contributed by atoms with Crippen molar-refractivity contribution in [2.45, 2.75) is 51.7 Å². The molecule has 2 rings (SSSR count). The van der Waals surface area contributed by atoms with E-state index >= 15 is 0 Å². The van der Waals surface area contributed by atoms with Gasteiger partial charge in [-0.1, -0.05) is 26.7 Å². The van der Waals surface area contributed by atoms with Gasteiger partial charge in [0, 0.05) is 17.1 Å². The SMILES string of the molecule is CCNC(c1cnc(C(F)(F)F)s1)C1(C)CCCC1. The first-order valence-electron chi connectivity index (χ1n) is 6.63. The van der Waals surface area contributed by atoms with Crippen LogP contribution >= 0.6 is 11.3 Å². The summed E-state index contributed by atoms with van der Waals surface area (Å²) in [6.45, 7) is 4.90. The average Bonchev–Trinajstić information content (AvgIpc) is 2.94. The summed E-state index contributed by atoms with van der Waals surface area (Å²) in [6, 6.07) is -0.0198. The number of rotatable bonds is 4. The third-order valence-electron chi connectivity index (χ3n) is 3.90. The summed E-state index contributed by atoms with van der Waals surface area (Å²) < 4.78 is 38.0. The van der Waals surface area contributed by atoms with Crippen molar-refractivity contribution < 1.29 is 13.2 Å². The second-order valence-corrected chi connectivity index (χ2v) is 6.48. The number of nitrogens with one attached hydrogen (secondary N) is 1. The molecule has 2 nitrogen and oxygen atoms in total. The zero-order valence-corrected chi connectivity index (χ0v) is 12.0. The summed E-state index contributed by atoms with van der Waals surface area (Å²) in [5.41, 5.74) is 0.0470. The predicted octanol–water partition coefficient (Wildman–Crippen LogP) is 4.39. The molecule has 19 heavy (non-hydrogen) atoms. The third kappa shape index (κ3) is 3.11. The van der Waals surface area contributed by atoms with Crippen LogP contribution in [-0.2, 0) is 6.18 Å². The van der Waals surface area contributed by atoms with Gasteiger partial charge in [-0.05, 0) is 24.8 Å². The number of hydrogen-bond acceptors (Lipinski definition) is 3. The summed E-state index contributed by atoms with van der Waals surface area (Å²) in [7, 11) is 0. The van der Waals surface area contributed by atoms with Crippen molar-refractivity contribution in [3.8, 4) is 0 Å². The normalized spacial score (nSPS) is 20.7. The molecule has 6 heteroatoms. The zero-order chi connectivity index (χ0) is 14.1. The number of thiazole rings is 1. The van der Waals surface area contributed by atoms with E-state index in [2.05, 4.69) is 17.2 Å². The number of alkyl halides is 3. The Bertz CT molecular complexity index is 422. The van der Waals surface area contributed by atoms with Crippen LogP contribution in [0.25, 0.3) is 0 Å². The van der Waals surface area contributed by atoms with Gasteiger partial charge in [0.05, 0.1) is 0 Å². The van der Waals surface area contributed by atoms with Crippen molar-refractivity contribution in [3.05, 3.63) is 16.1 Å². The van der Waals surface area contributed by atoms with Crippen LogP contribution in [0, 0.1) is 5.41 Å². The van der Waals surface area contributed by atoms with Gasteiger partial charge in [-0.3, -0.25) is 0 Å². The van der Waals surface area contributed by atoms with Crippen molar-refractivity contribution in [1.29, 1.82) is 0 Å². The molecule has 0 aliphatic heterocycles. The number of nitrogens with zero attached hydrogens (tertiary/aromatic N) is 1. The molecular weight excluding hydrogens is 273 g/mol. The van der Waals surface area contributed by atoms with E-state index in [1.165, 1.54) is 6.20 Å². The van der Waals surface area contributed by atoms with Crippen LogP contribution in [0.1, 0.15) is 55.5 Å². The molecule has 0 spiro atoms. The lowest BCUT2D eigenvalue weighted by atomic mass is 9.80. The van der Waals surface area contributed by atoms with Crippen LogP contribution in [0.3, 0.4) is 0 Å². The van der Waals surface area contributed by atoms with Crippen molar-refractivity contribution in [3.63, 3.8) is 0 Å². The maximum atomic E-state index is 12.7. The molecule has 1 N–H and O–H groups in total. The van der Waals surface area contributed by atoms with Gasteiger partial charge in [0.15, 0.2) is 5.01 Å². The monoisotopic (exact) mass is 292 g/mol. The van der Waals surface area contributed by atoms with Crippen molar-refractivity contribution in [1.82, 2.24) is 10.3 Å². The van der Waals surface area contributed by atoms with Crippen molar-refractivity contribution in [2.24, 2.45) is 5.41 Å². The Morgan fingerprint density at radius 2 is 2.05 bits per heavy atom. The zero-order valence-electron chi connectivity index (χ0n) is 11.2. The first-order valence-corrected chi connectivity index (χ1v) is 7.45. The molecule has 1 saturated carbocycles. The largest absolute Gasteiger partial charge is 0.443 e. The Balaban J connectivity index is 2.26. The topological polar surface area (TPSA) is 24.9 Å². The summed E-state index contributed by atoms with van der Waals surface area (Å²) in [6.07, 6.45) is 1.49. The molecule has 1 aliphatic rings. The highest BCUT2D eigenvalue weighted by Crippen LogP contribution is 2.49. The molecule has 0 aromatic carbocycles. The Morgan fingerprint density at radius 3 is 2.53 bits per heavy atom. The van der Waals surface area contributed by atoms with Crippen LogP contribution < -0.4 is 5.32 Å². The lowest BCUT2D eigenvalue weighted by Gasteiger charge is -2.33. The van der Waals surface area contributed by atoms with Gasteiger partial charge in [0.1, 0.15) is 0 Å². The van der Waals surface area contributed by atoms with Gasteiger partial charge in [0.25, 0.3) is 0 Å². The maximum Gasteiger partial charge on any atom is 0.443 e. The quantitative estimate of drug-likeness (QED) is 0.890. The van der Waals surface area contributed by atoms with E-state index in [4.69, 9.17) is 0 Å². The molecule has 1 heterocycles. The Kier molecular flexibility index (Phi) is 4.20. The van der Waals surface area contributed by atoms with E-state index in [0.29, 0.717) is 4.88 Å². The lowest BCUT2D eigenvalue weighted by Crippen LogP contribution is -2.33. The highest BCUT2D eigenvalue weighted by Gasteiger charge is 2.40. The Labute approximate surface area is 115 Å². The standard InChI is InChI=1S/C13H19F3N2S/c1-3-17-10(12(2)6-4-5-7-12)9-8-18-11(19-9)13(14,15)16/h8,10,17H,3-7H2,1-2H3. The average molecular weight is 292 g/mol. The summed E-state index contributed by atoms with van der Waals surface area (Å²) in [5, 5.41) is 2.61. The van der Waals surface area contributed by atoms with Crippen LogP contribution in [0.4, 0.5) is 13.2 Å². The second kappa shape index (κ2) is 5.40. The first-order chi connectivity index (χ1) is 8.87. The van der Waals surface area contributed by atoms with Gasteiger partial charge in [-0.15, -0.1) is 11.3 Å². The van der Waals surface area contributed by atoms with Gasteiger partial charge in [-0.25, -0.2) is 4.98 Å². The van der Waals surface area contributed by atoms with Crippen LogP contribution in [0.5, 0.6) is 0 Å². The van der Waals surface area contributed by atoms with E-state index in [1.54, 1.807) is 0 Å². The van der Waals surface area contributed by atoms with E-state index in [-0.39, 0.29) is 11.5 Å². The smallest absolute Gasteiger partial charge is 0.309 e. The molecule has 1 aromatic rings. The predicted molar refractivity (Wildman–Crippen MR) is 70.1 cm³/mol. The molecule has 0 bridgehead atoms. The fourth-order valence-electron chi connectivity index (χ4n) is 2.92. The molecule has 1 unspecified atom stereocenters. The summed E-state index contributed by atoms with van der Waals surface area (Å²) >= 11 is 0.775. The highest BCUT2D eigenvalue weighted by molar-refractivity contribution is 7.11. The van der Waals surface area contributed by atoms with Crippen molar-refractivity contribution in [2.75, 3.05) is 6.54 Å². The molecule has 1 aliphatic carbocycles. The Morgan fingerprint density at radius 1 is 1.42 bits per heavy atom. The van der Waals surface area contributed by atoms with Gasteiger partial charge in [-0.2, -0.15) is 13.2 Å². The minimum absolute atomic E-state index is 0.0198. The maximum absolute atomic E-state index is 12.7. The van der Waals surface area contributed by atoms with Crippen molar-refractivity contribution >= 4 is 11.3 Å². The molecule has 0 amide bonds. The minimum Gasteiger partial charge on any atom is -0.309 e. The molecule has 108 valence electrons. The van der Waals surface area contributed by atoms with E-state index in [9.17, 15) is 13.2 Å². The summed E-state index contributed by atoms with van der Waals surface area (Å²) in [5.74, 6) is 0. The van der Waals surface area contributed by atoms with Gasteiger partial charge < -0.3 is 5.32 Å². The van der Waals surface area contributed by atoms with E-state index in [0.717, 1.165) is 43.6 Å². The third-order valence-corrected chi connectivity index (χ3v) is 5.01. The van der Waals surface area contributed by atoms with Gasteiger partial charge >= 0.3 is 6.18 Å². The molecule has 1 aromatic heterocycles. The fraction of sp³-hybridized carbons (Fsp3) is 0.769. The van der Waals surface area contributed by atoms with Crippen LogP contribution in [0.15, 0.2) is 6.20 Å². The van der Waals surface area contributed by atoms with Crippen LogP contribution in [-0.4, -0.2) is 11.5 Å².